The van der Waals surface area contributed by atoms with Crippen LogP contribution in [0.5, 0.6) is 0 Å². The SMILES string of the molecule is CC(=O)CCCSc1ccc(C)cc1.Cc1ccc(S)cc1. The molecule has 2 aromatic carbocycles. The van der Waals surface area contributed by atoms with Gasteiger partial charge in [0, 0.05) is 16.2 Å². The number of ketones is 1. The van der Waals surface area contributed by atoms with Crippen LogP contribution in [-0.2, 0) is 4.79 Å². The van der Waals surface area contributed by atoms with E-state index in [4.69, 9.17) is 0 Å². The first-order chi connectivity index (χ1) is 10.5. The van der Waals surface area contributed by atoms with E-state index >= 15 is 0 Å². The van der Waals surface area contributed by atoms with E-state index in [-0.39, 0.29) is 5.78 Å². The topological polar surface area (TPSA) is 17.1 Å². The summed E-state index contributed by atoms with van der Waals surface area (Å²) >= 11 is 5.95. The fourth-order valence-corrected chi connectivity index (χ4v) is 2.69. The Morgan fingerprint density at radius 2 is 1.45 bits per heavy atom. The van der Waals surface area contributed by atoms with Crippen molar-refractivity contribution in [1.29, 1.82) is 0 Å². The molecule has 0 bridgehead atoms. The number of carbonyl (C=O) groups is 1. The van der Waals surface area contributed by atoms with Crippen LogP contribution in [0.2, 0.25) is 0 Å². The highest BCUT2D eigenvalue weighted by Gasteiger charge is 1.96. The third kappa shape index (κ3) is 8.96. The van der Waals surface area contributed by atoms with Crippen molar-refractivity contribution in [3.05, 3.63) is 59.7 Å². The molecule has 0 fully saturated rings. The molecule has 2 rings (SSSR count). The summed E-state index contributed by atoms with van der Waals surface area (Å²) in [5, 5.41) is 0. The maximum absolute atomic E-state index is 10.7. The summed E-state index contributed by atoms with van der Waals surface area (Å²) in [4.78, 5) is 13.0. The van der Waals surface area contributed by atoms with Gasteiger partial charge in [-0.15, -0.1) is 24.4 Å². The van der Waals surface area contributed by atoms with Gasteiger partial charge in [-0.3, -0.25) is 0 Å². The van der Waals surface area contributed by atoms with E-state index in [0.29, 0.717) is 6.42 Å². The zero-order chi connectivity index (χ0) is 16.4. The van der Waals surface area contributed by atoms with Gasteiger partial charge in [0.05, 0.1) is 0 Å². The van der Waals surface area contributed by atoms with E-state index in [1.165, 1.54) is 16.0 Å². The number of carbonyl (C=O) groups excluding carboxylic acids is 1. The molecule has 1 nitrogen and oxygen atoms in total. The Morgan fingerprint density at radius 1 is 0.955 bits per heavy atom. The first-order valence-corrected chi connectivity index (χ1v) is 8.85. The Morgan fingerprint density at radius 3 is 1.91 bits per heavy atom. The van der Waals surface area contributed by atoms with Crippen LogP contribution in [0.4, 0.5) is 0 Å². The Labute approximate surface area is 143 Å². The van der Waals surface area contributed by atoms with Gasteiger partial charge >= 0.3 is 0 Å². The quantitative estimate of drug-likeness (QED) is 0.427. The average Bonchev–Trinajstić information content (AvgIpc) is 2.49. The molecule has 0 aliphatic carbocycles. The minimum atomic E-state index is 0.287. The highest BCUT2D eigenvalue weighted by molar-refractivity contribution is 7.99. The van der Waals surface area contributed by atoms with Crippen molar-refractivity contribution in [1.82, 2.24) is 0 Å². The van der Waals surface area contributed by atoms with Crippen molar-refractivity contribution >= 4 is 30.2 Å². The summed E-state index contributed by atoms with van der Waals surface area (Å²) in [6, 6.07) is 16.6. The van der Waals surface area contributed by atoms with E-state index in [9.17, 15) is 4.79 Å². The zero-order valence-electron chi connectivity index (χ0n) is 13.5. The maximum Gasteiger partial charge on any atom is 0.129 e. The summed E-state index contributed by atoms with van der Waals surface area (Å²) in [5.74, 6) is 1.32. The highest BCUT2D eigenvalue weighted by atomic mass is 32.2. The molecule has 0 spiro atoms. The number of Topliss-reactive ketones (excluding diaryl/α,β-unsaturated/α-hetero) is 1. The van der Waals surface area contributed by atoms with Gasteiger partial charge in [-0.05, 0) is 57.2 Å². The van der Waals surface area contributed by atoms with Crippen LogP contribution < -0.4 is 0 Å². The number of thiol groups is 1. The first-order valence-electron chi connectivity index (χ1n) is 7.42. The number of thioether (sulfide) groups is 1. The monoisotopic (exact) mass is 332 g/mol. The summed E-state index contributed by atoms with van der Waals surface area (Å²) in [5.41, 5.74) is 2.57. The van der Waals surface area contributed by atoms with Crippen LogP contribution in [-0.4, -0.2) is 11.5 Å². The van der Waals surface area contributed by atoms with Crippen LogP contribution in [0.1, 0.15) is 30.9 Å². The largest absolute Gasteiger partial charge is 0.300 e. The zero-order valence-corrected chi connectivity index (χ0v) is 15.2. The predicted octanol–water partition coefficient (Wildman–Crippen LogP) is 5.74. The van der Waals surface area contributed by atoms with Gasteiger partial charge in [-0.2, -0.15) is 0 Å². The van der Waals surface area contributed by atoms with E-state index in [0.717, 1.165) is 17.1 Å². The van der Waals surface area contributed by atoms with Gasteiger partial charge in [0.15, 0.2) is 0 Å². The first kappa shape index (κ1) is 18.9. The normalized spacial score (nSPS) is 9.82. The van der Waals surface area contributed by atoms with Gasteiger partial charge in [0.1, 0.15) is 5.78 Å². The molecule has 0 heterocycles. The summed E-state index contributed by atoms with van der Waals surface area (Å²) in [7, 11) is 0. The molecule has 22 heavy (non-hydrogen) atoms. The molecule has 3 heteroatoms. The minimum Gasteiger partial charge on any atom is -0.300 e. The van der Waals surface area contributed by atoms with Crippen molar-refractivity contribution in [2.24, 2.45) is 0 Å². The van der Waals surface area contributed by atoms with E-state index in [2.05, 4.69) is 50.7 Å². The Kier molecular flexibility index (Phi) is 9.02. The molecule has 0 aliphatic rings. The molecule has 0 aliphatic heterocycles. The van der Waals surface area contributed by atoms with Crippen molar-refractivity contribution < 1.29 is 4.79 Å². The molecule has 0 saturated carbocycles. The van der Waals surface area contributed by atoms with Crippen LogP contribution in [0.3, 0.4) is 0 Å². The van der Waals surface area contributed by atoms with Gasteiger partial charge in [0.25, 0.3) is 0 Å². The molecule has 0 atom stereocenters. The molecule has 0 unspecified atom stereocenters. The molecule has 118 valence electrons. The van der Waals surface area contributed by atoms with E-state index < -0.39 is 0 Å². The standard InChI is InChI=1S/C12H16OS.C7H8S/c1-10-5-7-12(8-6-10)14-9-3-4-11(2)13;1-6-2-4-7(8)5-3-6/h5-8H,3-4,9H2,1-2H3;2-5,8H,1H3. The van der Waals surface area contributed by atoms with E-state index in [1.54, 1.807) is 6.92 Å². The van der Waals surface area contributed by atoms with Crippen LogP contribution >= 0.6 is 24.4 Å². The molecule has 0 radical (unpaired) electrons. The van der Waals surface area contributed by atoms with Gasteiger partial charge in [0.2, 0.25) is 0 Å². The summed E-state index contributed by atoms with van der Waals surface area (Å²) in [6.45, 7) is 5.80. The lowest BCUT2D eigenvalue weighted by atomic mass is 10.2. The summed E-state index contributed by atoms with van der Waals surface area (Å²) in [6.07, 6.45) is 1.69. The fourth-order valence-electron chi connectivity index (χ4n) is 1.69. The van der Waals surface area contributed by atoms with Gasteiger partial charge in [-0.1, -0.05) is 35.4 Å². The molecule has 2 aromatic rings. The maximum atomic E-state index is 10.7. The van der Waals surface area contributed by atoms with Crippen molar-refractivity contribution in [2.45, 2.75) is 43.4 Å². The number of aryl methyl sites for hydroxylation is 2. The third-order valence-electron chi connectivity index (χ3n) is 3.00. The number of hydrogen-bond donors (Lipinski definition) is 1. The number of rotatable bonds is 5. The van der Waals surface area contributed by atoms with Crippen LogP contribution in [0.25, 0.3) is 0 Å². The van der Waals surface area contributed by atoms with Crippen molar-refractivity contribution in [3.63, 3.8) is 0 Å². The minimum absolute atomic E-state index is 0.287. The second-order valence-electron chi connectivity index (χ2n) is 5.30. The molecule has 0 amide bonds. The predicted molar refractivity (Wildman–Crippen MR) is 100 cm³/mol. The van der Waals surface area contributed by atoms with Crippen molar-refractivity contribution in [2.75, 3.05) is 5.75 Å². The Bertz CT molecular complexity index is 538. The fraction of sp³-hybridized carbons (Fsp3) is 0.316. The lowest BCUT2D eigenvalue weighted by Gasteiger charge is -2.00. The second kappa shape index (κ2) is 10.5. The lowest BCUT2D eigenvalue weighted by Crippen LogP contribution is -1.90. The lowest BCUT2D eigenvalue weighted by molar-refractivity contribution is -0.117. The molecule has 0 N–H and O–H groups in total. The average molecular weight is 333 g/mol. The van der Waals surface area contributed by atoms with Crippen LogP contribution in [0, 0.1) is 13.8 Å². The molecule has 0 saturated heterocycles. The number of hydrogen-bond acceptors (Lipinski definition) is 3. The van der Waals surface area contributed by atoms with Crippen LogP contribution in [0.15, 0.2) is 58.3 Å². The van der Waals surface area contributed by atoms with Crippen molar-refractivity contribution in [3.8, 4) is 0 Å². The Hall–Kier alpha value is -1.19. The second-order valence-corrected chi connectivity index (χ2v) is 6.99. The Balaban J connectivity index is 0.000000255. The molecule has 0 aromatic heterocycles. The molecular weight excluding hydrogens is 308 g/mol. The van der Waals surface area contributed by atoms with E-state index in [1.807, 2.05) is 36.0 Å². The number of benzene rings is 2. The highest BCUT2D eigenvalue weighted by Crippen LogP contribution is 2.19. The van der Waals surface area contributed by atoms with Gasteiger partial charge in [-0.25, -0.2) is 0 Å². The summed E-state index contributed by atoms with van der Waals surface area (Å²) < 4.78 is 0. The smallest absolute Gasteiger partial charge is 0.129 e. The molecular formula is C19H24OS2. The van der Waals surface area contributed by atoms with Gasteiger partial charge < -0.3 is 4.79 Å². The third-order valence-corrected chi connectivity index (χ3v) is 4.39.